The van der Waals surface area contributed by atoms with Crippen LogP contribution in [-0.2, 0) is 10.0 Å². The average molecular weight is 308 g/mol. The lowest BCUT2D eigenvalue weighted by Gasteiger charge is -2.04. The second kappa shape index (κ2) is 6.20. The van der Waals surface area contributed by atoms with Gasteiger partial charge in [0.1, 0.15) is 0 Å². The molecule has 0 saturated heterocycles. The van der Waals surface area contributed by atoms with Crippen LogP contribution in [0, 0.1) is 6.92 Å². The van der Waals surface area contributed by atoms with E-state index in [-0.39, 0.29) is 10.8 Å². The Labute approximate surface area is 124 Å². The standard InChI is InChI=1S/C15H14ClNO2S/c1-12-7-9-14(10-8-12)20(18,19)17-15(11-16)13-5-3-2-4-6-13/h2-10H,11H2,1H3. The van der Waals surface area contributed by atoms with Gasteiger partial charge in [-0.15, -0.1) is 11.6 Å². The first-order valence-electron chi connectivity index (χ1n) is 6.05. The summed E-state index contributed by atoms with van der Waals surface area (Å²) in [6.45, 7) is 1.90. The fourth-order valence-electron chi connectivity index (χ4n) is 1.69. The Hall–Kier alpha value is -1.65. The zero-order chi connectivity index (χ0) is 14.6. The van der Waals surface area contributed by atoms with Crippen molar-refractivity contribution in [1.82, 2.24) is 0 Å². The van der Waals surface area contributed by atoms with Gasteiger partial charge in [0.25, 0.3) is 10.0 Å². The third kappa shape index (κ3) is 3.46. The Bertz CT molecular complexity index is 707. The molecule has 2 rings (SSSR count). The minimum Gasteiger partial charge on any atom is -0.199 e. The van der Waals surface area contributed by atoms with Crippen molar-refractivity contribution in [3.05, 3.63) is 65.7 Å². The predicted molar refractivity (Wildman–Crippen MR) is 82.1 cm³/mol. The van der Waals surface area contributed by atoms with Gasteiger partial charge in [-0.05, 0) is 24.6 Å². The van der Waals surface area contributed by atoms with Crippen molar-refractivity contribution >= 4 is 27.3 Å². The van der Waals surface area contributed by atoms with E-state index in [2.05, 4.69) is 4.40 Å². The molecule has 5 heteroatoms. The zero-order valence-electron chi connectivity index (χ0n) is 11.0. The predicted octanol–water partition coefficient (Wildman–Crippen LogP) is 3.41. The summed E-state index contributed by atoms with van der Waals surface area (Å²) in [6.07, 6.45) is 0. The number of rotatable bonds is 4. The van der Waals surface area contributed by atoms with Crippen molar-refractivity contribution in [2.24, 2.45) is 4.40 Å². The Morgan fingerprint density at radius 2 is 1.65 bits per heavy atom. The monoisotopic (exact) mass is 307 g/mol. The molecule has 2 aromatic carbocycles. The third-order valence-electron chi connectivity index (χ3n) is 2.78. The van der Waals surface area contributed by atoms with Crippen LogP contribution in [0.25, 0.3) is 0 Å². The van der Waals surface area contributed by atoms with Crippen molar-refractivity contribution in [2.45, 2.75) is 11.8 Å². The molecule has 0 fully saturated rings. The van der Waals surface area contributed by atoms with Crippen LogP contribution in [0.5, 0.6) is 0 Å². The summed E-state index contributed by atoms with van der Waals surface area (Å²) in [5.41, 5.74) is 2.04. The lowest BCUT2D eigenvalue weighted by molar-refractivity contribution is 0.598. The van der Waals surface area contributed by atoms with Gasteiger partial charge in [0.2, 0.25) is 0 Å². The van der Waals surface area contributed by atoms with Crippen molar-refractivity contribution < 1.29 is 8.42 Å². The molecule has 104 valence electrons. The molecule has 0 aliphatic rings. The number of aryl methyl sites for hydroxylation is 1. The molecule has 0 atom stereocenters. The topological polar surface area (TPSA) is 46.5 Å². The van der Waals surface area contributed by atoms with E-state index in [0.717, 1.165) is 5.56 Å². The first-order chi connectivity index (χ1) is 9.53. The maximum atomic E-state index is 12.2. The smallest absolute Gasteiger partial charge is 0.199 e. The highest BCUT2D eigenvalue weighted by atomic mass is 35.5. The molecule has 2 aromatic rings. The lowest BCUT2D eigenvalue weighted by Crippen LogP contribution is -2.08. The van der Waals surface area contributed by atoms with Gasteiger partial charge < -0.3 is 0 Å². The molecule has 0 heterocycles. The third-order valence-corrected chi connectivity index (χ3v) is 4.36. The number of alkyl halides is 1. The molecule has 0 spiro atoms. The Morgan fingerprint density at radius 3 is 2.20 bits per heavy atom. The number of halogens is 1. The van der Waals surface area contributed by atoms with E-state index < -0.39 is 10.0 Å². The maximum absolute atomic E-state index is 12.2. The van der Waals surface area contributed by atoms with Gasteiger partial charge in [0.05, 0.1) is 16.5 Å². The van der Waals surface area contributed by atoms with Gasteiger partial charge in [-0.2, -0.15) is 12.8 Å². The molecule has 0 unspecified atom stereocenters. The molecular weight excluding hydrogens is 294 g/mol. The van der Waals surface area contributed by atoms with E-state index in [4.69, 9.17) is 11.6 Å². The molecule has 0 amide bonds. The molecule has 20 heavy (non-hydrogen) atoms. The largest absolute Gasteiger partial charge is 0.282 e. The van der Waals surface area contributed by atoms with Gasteiger partial charge in [-0.3, -0.25) is 0 Å². The van der Waals surface area contributed by atoms with Gasteiger partial charge in [-0.25, -0.2) is 0 Å². The summed E-state index contributed by atoms with van der Waals surface area (Å²) in [5, 5.41) is 0. The molecular formula is C15H14ClNO2S. The lowest BCUT2D eigenvalue weighted by atomic mass is 10.1. The molecule has 3 nitrogen and oxygen atoms in total. The molecule has 0 N–H and O–H groups in total. The summed E-state index contributed by atoms with van der Waals surface area (Å²) in [7, 11) is -3.73. The fourth-order valence-corrected chi connectivity index (χ4v) is 3.02. The number of nitrogens with zero attached hydrogens (tertiary/aromatic N) is 1. The van der Waals surface area contributed by atoms with Crippen molar-refractivity contribution in [1.29, 1.82) is 0 Å². The Morgan fingerprint density at radius 1 is 1.05 bits per heavy atom. The summed E-state index contributed by atoms with van der Waals surface area (Å²) in [6, 6.07) is 15.6. The summed E-state index contributed by atoms with van der Waals surface area (Å²) >= 11 is 5.83. The minimum absolute atomic E-state index is 0.0368. The van der Waals surface area contributed by atoms with Gasteiger partial charge in [0, 0.05) is 0 Å². The fraction of sp³-hybridized carbons (Fsp3) is 0.133. The van der Waals surface area contributed by atoms with Crippen molar-refractivity contribution in [2.75, 3.05) is 5.88 Å². The highest BCUT2D eigenvalue weighted by Gasteiger charge is 2.14. The molecule has 0 radical (unpaired) electrons. The van der Waals surface area contributed by atoms with E-state index in [1.807, 2.05) is 25.1 Å². The summed E-state index contributed by atoms with van der Waals surface area (Å²) in [5.74, 6) is 0.0368. The van der Waals surface area contributed by atoms with E-state index >= 15 is 0 Å². The summed E-state index contributed by atoms with van der Waals surface area (Å²) < 4.78 is 28.3. The molecule has 0 aliphatic heterocycles. The van der Waals surface area contributed by atoms with Gasteiger partial charge >= 0.3 is 0 Å². The van der Waals surface area contributed by atoms with Crippen LogP contribution in [0.1, 0.15) is 11.1 Å². The highest BCUT2D eigenvalue weighted by Crippen LogP contribution is 2.15. The van der Waals surface area contributed by atoms with E-state index in [9.17, 15) is 8.42 Å². The first-order valence-corrected chi connectivity index (χ1v) is 8.02. The molecule has 0 aliphatic carbocycles. The van der Waals surface area contributed by atoms with Crippen LogP contribution in [0.3, 0.4) is 0 Å². The van der Waals surface area contributed by atoms with Crippen molar-refractivity contribution in [3.63, 3.8) is 0 Å². The zero-order valence-corrected chi connectivity index (χ0v) is 12.5. The number of sulfonamides is 1. The number of hydrogen-bond acceptors (Lipinski definition) is 2. The van der Waals surface area contributed by atoms with Crippen LogP contribution in [0.4, 0.5) is 0 Å². The second-order valence-corrected chi connectivity index (χ2v) is 6.20. The van der Waals surface area contributed by atoms with Crippen LogP contribution >= 0.6 is 11.6 Å². The van der Waals surface area contributed by atoms with Crippen LogP contribution < -0.4 is 0 Å². The van der Waals surface area contributed by atoms with E-state index in [0.29, 0.717) is 11.3 Å². The van der Waals surface area contributed by atoms with Crippen molar-refractivity contribution in [3.8, 4) is 0 Å². The van der Waals surface area contributed by atoms with E-state index in [1.54, 1.807) is 36.4 Å². The highest BCUT2D eigenvalue weighted by molar-refractivity contribution is 7.90. The number of hydrogen-bond donors (Lipinski definition) is 0. The van der Waals surface area contributed by atoms with Crippen LogP contribution in [0.2, 0.25) is 0 Å². The first kappa shape index (κ1) is 14.8. The minimum atomic E-state index is -3.73. The van der Waals surface area contributed by atoms with Crippen LogP contribution in [-0.4, -0.2) is 20.0 Å². The van der Waals surface area contributed by atoms with E-state index in [1.165, 1.54) is 0 Å². The Kier molecular flexibility index (Phi) is 4.57. The molecule has 0 saturated carbocycles. The molecule has 0 aromatic heterocycles. The average Bonchev–Trinajstić information content (AvgIpc) is 2.46. The van der Waals surface area contributed by atoms with Gasteiger partial charge in [-0.1, -0.05) is 48.0 Å². The van der Waals surface area contributed by atoms with Gasteiger partial charge in [0.15, 0.2) is 0 Å². The van der Waals surface area contributed by atoms with Crippen LogP contribution in [0.15, 0.2) is 63.9 Å². The normalized spacial score (nSPS) is 12.4. The number of benzene rings is 2. The SMILES string of the molecule is Cc1ccc(S(=O)(=O)N=C(CCl)c2ccccc2)cc1. The second-order valence-electron chi connectivity index (χ2n) is 4.33. The quantitative estimate of drug-likeness (QED) is 0.642. The summed E-state index contributed by atoms with van der Waals surface area (Å²) in [4.78, 5) is 0.168. The maximum Gasteiger partial charge on any atom is 0.282 e. The molecule has 0 bridgehead atoms. The Balaban J connectivity index is 2.43.